The van der Waals surface area contributed by atoms with Crippen LogP contribution in [0.4, 0.5) is 0 Å². The molecule has 1 N–H and O–H groups in total. The maximum absolute atomic E-state index is 8.95. The van der Waals surface area contributed by atoms with Gasteiger partial charge in [-0.15, -0.1) is 0 Å². The molecule has 4 heteroatoms. The highest BCUT2D eigenvalue weighted by Gasteiger charge is 2.07. The van der Waals surface area contributed by atoms with E-state index in [1.54, 1.807) is 7.11 Å². The molecule has 0 atom stereocenters. The van der Waals surface area contributed by atoms with Crippen molar-refractivity contribution in [3.63, 3.8) is 0 Å². The van der Waals surface area contributed by atoms with Crippen LogP contribution in [0, 0.1) is 18.3 Å². The Morgan fingerprint density at radius 2 is 2.00 bits per heavy atom. The molecule has 1 heterocycles. The summed E-state index contributed by atoms with van der Waals surface area (Å²) in [4.78, 5) is 7.26. The topological polar surface area (TPSA) is 61.7 Å². The van der Waals surface area contributed by atoms with Crippen molar-refractivity contribution in [3.8, 4) is 11.8 Å². The Balaban J connectivity index is 2.04. The molecule has 0 aliphatic heterocycles. The van der Waals surface area contributed by atoms with Crippen LogP contribution in [0.2, 0.25) is 0 Å². The fourth-order valence-corrected chi connectivity index (χ4v) is 1.88. The van der Waals surface area contributed by atoms with E-state index in [4.69, 9.17) is 10.00 Å². The first kappa shape index (κ1) is 12.2. The van der Waals surface area contributed by atoms with Crippen molar-refractivity contribution in [1.29, 1.82) is 5.26 Å². The molecule has 0 radical (unpaired) electrons. The Kier molecular flexibility index (Phi) is 3.63. The van der Waals surface area contributed by atoms with E-state index in [9.17, 15) is 0 Å². The van der Waals surface area contributed by atoms with Crippen LogP contribution in [0.5, 0.6) is 5.75 Å². The molecule has 0 aliphatic carbocycles. The molecule has 1 aromatic heterocycles. The van der Waals surface area contributed by atoms with Crippen LogP contribution >= 0.6 is 0 Å². The Morgan fingerprint density at radius 1 is 1.28 bits per heavy atom. The Labute approximate surface area is 106 Å². The Bertz CT molecular complexity index is 564. The molecule has 0 spiro atoms. The van der Waals surface area contributed by atoms with Gasteiger partial charge in [0, 0.05) is 0 Å². The van der Waals surface area contributed by atoms with Crippen molar-refractivity contribution < 1.29 is 4.74 Å². The smallest absolute Gasteiger partial charge is 0.161 e. The van der Waals surface area contributed by atoms with Crippen LogP contribution in [0.25, 0.3) is 0 Å². The van der Waals surface area contributed by atoms with Crippen molar-refractivity contribution in [2.45, 2.75) is 19.8 Å². The van der Waals surface area contributed by atoms with E-state index < -0.39 is 0 Å². The number of methoxy groups -OCH3 is 1. The van der Waals surface area contributed by atoms with Crippen LogP contribution in [-0.4, -0.2) is 17.1 Å². The standard InChI is InChI=1S/C14H15N3O/c1-10-16-13(14(9-15)17-10)8-5-11-3-6-12(18-2)7-4-11/h3-4,6-7H,5,8H2,1-2H3,(H,16,17). The number of rotatable bonds is 4. The van der Waals surface area contributed by atoms with Crippen molar-refractivity contribution in [3.05, 3.63) is 47.0 Å². The summed E-state index contributed by atoms with van der Waals surface area (Å²) in [5.41, 5.74) is 2.62. The Morgan fingerprint density at radius 3 is 2.61 bits per heavy atom. The lowest BCUT2D eigenvalue weighted by molar-refractivity contribution is 0.414. The van der Waals surface area contributed by atoms with E-state index in [0.29, 0.717) is 5.69 Å². The molecular formula is C14H15N3O. The maximum Gasteiger partial charge on any atom is 0.161 e. The van der Waals surface area contributed by atoms with Crippen LogP contribution in [0.1, 0.15) is 22.8 Å². The molecule has 2 aromatic rings. The number of aromatic amines is 1. The van der Waals surface area contributed by atoms with E-state index in [0.717, 1.165) is 30.1 Å². The molecule has 0 aliphatic rings. The van der Waals surface area contributed by atoms with Crippen molar-refractivity contribution >= 4 is 0 Å². The minimum Gasteiger partial charge on any atom is -0.497 e. The van der Waals surface area contributed by atoms with Gasteiger partial charge in [0.1, 0.15) is 17.6 Å². The van der Waals surface area contributed by atoms with Gasteiger partial charge in [-0.1, -0.05) is 12.1 Å². The van der Waals surface area contributed by atoms with Gasteiger partial charge in [0.05, 0.1) is 12.8 Å². The number of H-pyrrole nitrogens is 1. The molecule has 0 fully saturated rings. The first-order valence-corrected chi connectivity index (χ1v) is 5.81. The van der Waals surface area contributed by atoms with Gasteiger partial charge in [-0.3, -0.25) is 0 Å². The highest BCUT2D eigenvalue weighted by Crippen LogP contribution is 2.14. The highest BCUT2D eigenvalue weighted by atomic mass is 16.5. The zero-order valence-electron chi connectivity index (χ0n) is 10.5. The van der Waals surface area contributed by atoms with Gasteiger partial charge >= 0.3 is 0 Å². The number of imidazole rings is 1. The third-order valence-electron chi connectivity index (χ3n) is 2.83. The van der Waals surface area contributed by atoms with Gasteiger partial charge in [-0.05, 0) is 37.5 Å². The van der Waals surface area contributed by atoms with Crippen LogP contribution in [0.3, 0.4) is 0 Å². The van der Waals surface area contributed by atoms with Gasteiger partial charge in [0.25, 0.3) is 0 Å². The predicted octanol–water partition coefficient (Wildman–Crippen LogP) is 2.38. The monoisotopic (exact) mass is 241 g/mol. The lowest BCUT2D eigenvalue weighted by atomic mass is 10.1. The molecule has 2 rings (SSSR count). The molecule has 0 saturated heterocycles. The normalized spacial score (nSPS) is 10.1. The van der Waals surface area contributed by atoms with Crippen molar-refractivity contribution in [2.75, 3.05) is 7.11 Å². The first-order chi connectivity index (χ1) is 8.72. The summed E-state index contributed by atoms with van der Waals surface area (Å²) >= 11 is 0. The number of nitrogens with one attached hydrogen (secondary N) is 1. The number of aryl methyl sites for hydroxylation is 3. The van der Waals surface area contributed by atoms with E-state index in [-0.39, 0.29) is 0 Å². The van der Waals surface area contributed by atoms with E-state index >= 15 is 0 Å². The molecule has 0 bridgehead atoms. The van der Waals surface area contributed by atoms with Gasteiger partial charge < -0.3 is 9.72 Å². The second-order valence-electron chi connectivity index (χ2n) is 4.11. The average Bonchev–Trinajstić information content (AvgIpc) is 2.77. The number of nitrogens with zero attached hydrogens (tertiary/aromatic N) is 2. The third-order valence-corrected chi connectivity index (χ3v) is 2.83. The molecule has 1 aromatic carbocycles. The van der Waals surface area contributed by atoms with Crippen LogP contribution in [0.15, 0.2) is 24.3 Å². The number of ether oxygens (including phenoxy) is 1. The molecule has 4 nitrogen and oxygen atoms in total. The number of aromatic nitrogens is 2. The SMILES string of the molecule is COc1ccc(CCc2[nH]c(C)nc2C#N)cc1. The summed E-state index contributed by atoms with van der Waals surface area (Å²) in [5, 5.41) is 8.95. The van der Waals surface area contributed by atoms with E-state index in [2.05, 4.69) is 16.0 Å². The number of benzene rings is 1. The summed E-state index contributed by atoms with van der Waals surface area (Å²) in [6.07, 6.45) is 1.66. The minimum absolute atomic E-state index is 0.501. The summed E-state index contributed by atoms with van der Waals surface area (Å²) in [6.45, 7) is 1.86. The molecule has 18 heavy (non-hydrogen) atoms. The quantitative estimate of drug-likeness (QED) is 0.894. The fourth-order valence-electron chi connectivity index (χ4n) is 1.88. The summed E-state index contributed by atoms with van der Waals surface area (Å²) in [5.74, 6) is 1.64. The number of nitriles is 1. The van der Waals surface area contributed by atoms with E-state index in [1.165, 1.54) is 5.56 Å². The molecule has 92 valence electrons. The molecule has 0 amide bonds. The predicted molar refractivity (Wildman–Crippen MR) is 68.4 cm³/mol. The van der Waals surface area contributed by atoms with E-state index in [1.807, 2.05) is 31.2 Å². The van der Waals surface area contributed by atoms with Crippen LogP contribution < -0.4 is 4.74 Å². The van der Waals surface area contributed by atoms with Gasteiger partial charge in [0.2, 0.25) is 0 Å². The first-order valence-electron chi connectivity index (χ1n) is 5.81. The zero-order chi connectivity index (χ0) is 13.0. The average molecular weight is 241 g/mol. The Hall–Kier alpha value is -2.28. The summed E-state index contributed by atoms with van der Waals surface area (Å²) < 4.78 is 5.11. The number of hydrogen-bond acceptors (Lipinski definition) is 3. The minimum atomic E-state index is 0.501. The van der Waals surface area contributed by atoms with Crippen molar-refractivity contribution in [2.24, 2.45) is 0 Å². The molecule has 0 saturated carbocycles. The third kappa shape index (κ3) is 2.69. The second-order valence-corrected chi connectivity index (χ2v) is 4.11. The van der Waals surface area contributed by atoms with Gasteiger partial charge in [-0.2, -0.15) is 5.26 Å². The molecular weight excluding hydrogens is 226 g/mol. The highest BCUT2D eigenvalue weighted by molar-refractivity contribution is 5.30. The van der Waals surface area contributed by atoms with Gasteiger partial charge in [0.15, 0.2) is 5.69 Å². The fraction of sp³-hybridized carbons (Fsp3) is 0.286. The maximum atomic E-state index is 8.95. The largest absolute Gasteiger partial charge is 0.497 e. The lowest BCUT2D eigenvalue weighted by Crippen LogP contribution is -1.94. The molecule has 0 unspecified atom stereocenters. The number of hydrogen-bond donors (Lipinski definition) is 1. The lowest BCUT2D eigenvalue weighted by Gasteiger charge is -2.02. The summed E-state index contributed by atoms with van der Waals surface area (Å²) in [6, 6.07) is 10.1. The second kappa shape index (κ2) is 5.37. The van der Waals surface area contributed by atoms with Gasteiger partial charge in [-0.25, -0.2) is 4.98 Å². The van der Waals surface area contributed by atoms with Crippen LogP contribution in [-0.2, 0) is 12.8 Å². The summed E-state index contributed by atoms with van der Waals surface area (Å²) in [7, 11) is 1.65. The zero-order valence-corrected chi connectivity index (χ0v) is 10.5. The van der Waals surface area contributed by atoms with Crippen molar-refractivity contribution in [1.82, 2.24) is 9.97 Å².